The zero-order valence-electron chi connectivity index (χ0n) is 6.59. The summed E-state index contributed by atoms with van der Waals surface area (Å²) in [7, 11) is 0. The van der Waals surface area contributed by atoms with Gasteiger partial charge in [-0.2, -0.15) is 0 Å². The molecule has 0 aliphatic carbocycles. The molecular formula is C7H14IN3. The number of nitrogens with two attached hydrogens (primary N) is 1. The summed E-state index contributed by atoms with van der Waals surface area (Å²) >= 11 is 2.41. The van der Waals surface area contributed by atoms with Crippen molar-refractivity contribution in [3.05, 3.63) is 0 Å². The van der Waals surface area contributed by atoms with E-state index in [1.54, 1.807) is 0 Å². The van der Waals surface area contributed by atoms with Crippen LogP contribution in [0.15, 0.2) is 0 Å². The van der Waals surface area contributed by atoms with E-state index in [1.807, 2.05) is 5.01 Å². The van der Waals surface area contributed by atoms with Crippen LogP contribution in [0.3, 0.4) is 0 Å². The highest BCUT2D eigenvalue weighted by Crippen LogP contribution is 2.39. The minimum Gasteiger partial charge on any atom is -0.269 e. The van der Waals surface area contributed by atoms with E-state index in [1.165, 1.54) is 25.9 Å². The molecule has 0 unspecified atom stereocenters. The molecule has 2 heterocycles. The first-order chi connectivity index (χ1) is 5.20. The summed E-state index contributed by atoms with van der Waals surface area (Å²) in [5.41, 5.74) is 0.608. The molecule has 0 saturated carbocycles. The van der Waals surface area contributed by atoms with Crippen LogP contribution in [0.2, 0.25) is 0 Å². The standard InChI is InChI=1S/C7H14IN3/c8-10-3-1-7(2-4-10)5-11(9)6-7/h1-6,9H2. The van der Waals surface area contributed by atoms with Gasteiger partial charge < -0.3 is 0 Å². The Bertz CT molecular complexity index is 146. The van der Waals surface area contributed by atoms with Crippen LogP contribution < -0.4 is 5.84 Å². The molecule has 2 saturated heterocycles. The fourth-order valence-electron chi connectivity index (χ4n) is 2.09. The molecule has 0 aromatic rings. The van der Waals surface area contributed by atoms with Gasteiger partial charge in [0.1, 0.15) is 0 Å². The predicted molar refractivity (Wildman–Crippen MR) is 53.0 cm³/mol. The molecular weight excluding hydrogens is 253 g/mol. The molecule has 0 bridgehead atoms. The second-order valence-electron chi connectivity index (χ2n) is 3.81. The Labute approximate surface area is 81.4 Å². The van der Waals surface area contributed by atoms with Gasteiger partial charge in [0.15, 0.2) is 0 Å². The number of rotatable bonds is 0. The number of halogens is 1. The molecule has 0 atom stereocenters. The summed E-state index contributed by atoms with van der Waals surface area (Å²) in [5, 5.41) is 1.93. The van der Waals surface area contributed by atoms with Gasteiger partial charge in [0.05, 0.1) is 0 Å². The van der Waals surface area contributed by atoms with Gasteiger partial charge in [-0.1, -0.05) is 0 Å². The highest BCUT2D eigenvalue weighted by atomic mass is 127. The van der Waals surface area contributed by atoms with Crippen molar-refractivity contribution in [2.24, 2.45) is 11.3 Å². The molecule has 64 valence electrons. The van der Waals surface area contributed by atoms with Gasteiger partial charge in [0.2, 0.25) is 0 Å². The topological polar surface area (TPSA) is 32.5 Å². The van der Waals surface area contributed by atoms with E-state index in [0.717, 1.165) is 13.1 Å². The second kappa shape index (κ2) is 2.83. The zero-order valence-corrected chi connectivity index (χ0v) is 8.75. The molecule has 2 N–H and O–H groups in total. The molecule has 0 aromatic carbocycles. The SMILES string of the molecule is NN1CC2(CCN(I)CC2)C1. The third kappa shape index (κ3) is 1.54. The lowest BCUT2D eigenvalue weighted by Gasteiger charge is -2.51. The minimum atomic E-state index is 0.608. The number of nitrogens with zero attached hydrogens (tertiary/aromatic N) is 2. The fourth-order valence-corrected chi connectivity index (χ4v) is 2.57. The molecule has 0 amide bonds. The van der Waals surface area contributed by atoms with Gasteiger partial charge in [-0.25, -0.2) is 8.12 Å². The van der Waals surface area contributed by atoms with Gasteiger partial charge >= 0.3 is 0 Å². The first-order valence-electron chi connectivity index (χ1n) is 4.11. The van der Waals surface area contributed by atoms with Crippen LogP contribution >= 0.6 is 22.9 Å². The molecule has 0 aromatic heterocycles. The van der Waals surface area contributed by atoms with Crippen LogP contribution in [0.1, 0.15) is 12.8 Å². The van der Waals surface area contributed by atoms with E-state index in [2.05, 4.69) is 26.0 Å². The lowest BCUT2D eigenvalue weighted by atomic mass is 9.73. The van der Waals surface area contributed by atoms with Crippen molar-refractivity contribution in [2.75, 3.05) is 26.2 Å². The molecule has 3 nitrogen and oxygen atoms in total. The molecule has 4 heteroatoms. The summed E-state index contributed by atoms with van der Waals surface area (Å²) in [5.74, 6) is 5.64. The molecule has 2 aliphatic rings. The lowest BCUT2D eigenvalue weighted by molar-refractivity contribution is -0.0317. The van der Waals surface area contributed by atoms with E-state index in [0.29, 0.717) is 5.41 Å². The number of piperidine rings is 1. The quantitative estimate of drug-likeness (QED) is 0.396. The zero-order chi connectivity index (χ0) is 7.90. The highest BCUT2D eigenvalue weighted by Gasteiger charge is 2.43. The Morgan fingerprint density at radius 3 is 2.18 bits per heavy atom. The van der Waals surface area contributed by atoms with Gasteiger partial charge in [-0.3, -0.25) is 5.84 Å². The van der Waals surface area contributed by atoms with Crippen molar-refractivity contribution in [1.29, 1.82) is 0 Å². The van der Waals surface area contributed by atoms with Crippen LogP contribution in [-0.2, 0) is 0 Å². The number of hydrogen-bond donors (Lipinski definition) is 1. The van der Waals surface area contributed by atoms with Gasteiger partial charge in [-0.15, -0.1) is 0 Å². The molecule has 2 aliphatic heterocycles. The fraction of sp³-hybridized carbons (Fsp3) is 1.00. The summed E-state index contributed by atoms with van der Waals surface area (Å²) in [6, 6.07) is 0. The summed E-state index contributed by atoms with van der Waals surface area (Å²) in [4.78, 5) is 0. The Hall–Kier alpha value is 0.610. The Morgan fingerprint density at radius 1 is 1.18 bits per heavy atom. The number of hydrogen-bond acceptors (Lipinski definition) is 3. The van der Waals surface area contributed by atoms with E-state index < -0.39 is 0 Å². The van der Waals surface area contributed by atoms with Gasteiger partial charge in [0.25, 0.3) is 0 Å². The third-order valence-electron chi connectivity index (χ3n) is 2.85. The Balaban J connectivity index is 1.88. The second-order valence-corrected chi connectivity index (χ2v) is 5.18. The lowest BCUT2D eigenvalue weighted by Crippen LogP contribution is -2.61. The van der Waals surface area contributed by atoms with Gasteiger partial charge in [0, 0.05) is 54.5 Å². The van der Waals surface area contributed by atoms with Crippen molar-refractivity contribution >= 4 is 22.9 Å². The Morgan fingerprint density at radius 2 is 1.73 bits per heavy atom. The van der Waals surface area contributed by atoms with Crippen molar-refractivity contribution < 1.29 is 0 Å². The first-order valence-corrected chi connectivity index (χ1v) is 5.07. The van der Waals surface area contributed by atoms with Crippen LogP contribution in [-0.4, -0.2) is 34.3 Å². The van der Waals surface area contributed by atoms with Crippen molar-refractivity contribution in [2.45, 2.75) is 12.8 Å². The maximum absolute atomic E-state index is 5.64. The monoisotopic (exact) mass is 267 g/mol. The molecule has 1 spiro atoms. The van der Waals surface area contributed by atoms with E-state index >= 15 is 0 Å². The van der Waals surface area contributed by atoms with E-state index in [9.17, 15) is 0 Å². The molecule has 0 radical (unpaired) electrons. The average Bonchev–Trinajstić information content (AvgIpc) is 1.92. The summed E-state index contributed by atoms with van der Waals surface area (Å²) < 4.78 is 2.38. The van der Waals surface area contributed by atoms with Crippen molar-refractivity contribution in [1.82, 2.24) is 8.12 Å². The number of hydrazine groups is 1. The normalized spacial score (nSPS) is 32.2. The van der Waals surface area contributed by atoms with Crippen molar-refractivity contribution in [3.63, 3.8) is 0 Å². The molecule has 2 fully saturated rings. The smallest absolute Gasteiger partial charge is 0.0201 e. The average molecular weight is 267 g/mol. The maximum Gasteiger partial charge on any atom is 0.0201 e. The molecule has 11 heavy (non-hydrogen) atoms. The van der Waals surface area contributed by atoms with E-state index in [4.69, 9.17) is 5.84 Å². The predicted octanol–water partition coefficient (Wildman–Crippen LogP) is 0.608. The first kappa shape index (κ1) is 8.22. The maximum atomic E-state index is 5.64. The third-order valence-corrected chi connectivity index (χ3v) is 3.81. The van der Waals surface area contributed by atoms with Crippen LogP contribution in [0.4, 0.5) is 0 Å². The summed E-state index contributed by atoms with van der Waals surface area (Å²) in [6.07, 6.45) is 2.67. The largest absolute Gasteiger partial charge is 0.269 e. The van der Waals surface area contributed by atoms with Crippen molar-refractivity contribution in [3.8, 4) is 0 Å². The summed E-state index contributed by atoms with van der Waals surface area (Å²) in [6.45, 7) is 4.73. The van der Waals surface area contributed by atoms with Crippen LogP contribution in [0.5, 0.6) is 0 Å². The molecule has 2 rings (SSSR count). The van der Waals surface area contributed by atoms with Crippen LogP contribution in [0.25, 0.3) is 0 Å². The van der Waals surface area contributed by atoms with E-state index in [-0.39, 0.29) is 0 Å². The Kier molecular flexibility index (Phi) is 2.11. The minimum absolute atomic E-state index is 0.608. The van der Waals surface area contributed by atoms with Crippen LogP contribution in [0, 0.1) is 5.41 Å². The highest BCUT2D eigenvalue weighted by molar-refractivity contribution is 14.1. The van der Waals surface area contributed by atoms with Gasteiger partial charge in [-0.05, 0) is 12.8 Å².